The van der Waals surface area contributed by atoms with Gasteiger partial charge in [0.15, 0.2) is 11.4 Å². The summed E-state index contributed by atoms with van der Waals surface area (Å²) in [7, 11) is 1.27. The number of amides is 1. The molecule has 0 fully saturated rings. The normalized spacial score (nSPS) is 18.4. The van der Waals surface area contributed by atoms with Crippen LogP contribution in [0.25, 0.3) is 10.4 Å². The van der Waals surface area contributed by atoms with Crippen LogP contribution in [-0.2, 0) is 4.74 Å². The number of fused-ring (bicyclic) bond motifs is 1. The number of ether oxygens (including phenoxy) is 1. The van der Waals surface area contributed by atoms with E-state index in [4.69, 9.17) is 21.9 Å². The SMILES string of the molecule is COC(=O)[N+]1(c2ccccc2)C=C(CN=[N+]=[N-])C(=O)c2ccc(Cl)cc21. The summed E-state index contributed by atoms with van der Waals surface area (Å²) < 4.78 is 4.57. The molecule has 0 bridgehead atoms. The van der Waals surface area contributed by atoms with Crippen molar-refractivity contribution < 1.29 is 14.3 Å². The zero-order valence-electron chi connectivity index (χ0n) is 13.8. The summed E-state index contributed by atoms with van der Waals surface area (Å²) in [5.74, 6) is -0.322. The fraction of sp³-hybridized carbons (Fsp3) is 0.111. The lowest BCUT2D eigenvalue weighted by Crippen LogP contribution is -2.48. The van der Waals surface area contributed by atoms with Crippen LogP contribution in [0.3, 0.4) is 0 Å². The van der Waals surface area contributed by atoms with E-state index in [1.54, 1.807) is 42.5 Å². The third kappa shape index (κ3) is 2.74. The zero-order chi connectivity index (χ0) is 18.7. The lowest BCUT2D eigenvalue weighted by Gasteiger charge is -2.34. The molecule has 1 heterocycles. The molecule has 0 saturated heterocycles. The van der Waals surface area contributed by atoms with E-state index >= 15 is 0 Å². The number of methoxy groups -OCH3 is 1. The van der Waals surface area contributed by atoms with Gasteiger partial charge in [0.2, 0.25) is 5.78 Å². The largest absolute Gasteiger partial charge is 0.531 e. The van der Waals surface area contributed by atoms with Crippen molar-refractivity contribution in [3.8, 4) is 0 Å². The minimum atomic E-state index is -0.620. The minimum Gasteiger partial charge on any atom is -0.422 e. The molecule has 0 N–H and O–H groups in total. The maximum atomic E-state index is 12.9. The van der Waals surface area contributed by atoms with Gasteiger partial charge < -0.3 is 4.74 Å². The van der Waals surface area contributed by atoms with Crippen LogP contribution in [-0.4, -0.2) is 25.5 Å². The molecule has 1 amide bonds. The van der Waals surface area contributed by atoms with Crippen molar-refractivity contribution in [3.63, 3.8) is 0 Å². The van der Waals surface area contributed by atoms with E-state index in [2.05, 4.69) is 10.0 Å². The standard InChI is InChI=1S/C18H14ClN4O3/c1-26-18(25)23(14-5-3-2-4-6-14)11-12(10-21-22-20)17(24)15-8-7-13(19)9-16(15)23/h2-9,11H,10H2,1H3/q+1. The van der Waals surface area contributed by atoms with Crippen molar-refractivity contribution in [3.05, 3.63) is 81.3 Å². The molecule has 1 unspecified atom stereocenters. The average molecular weight is 370 g/mol. The molecule has 0 radical (unpaired) electrons. The number of halogens is 1. The van der Waals surface area contributed by atoms with E-state index in [9.17, 15) is 9.59 Å². The Morgan fingerprint density at radius 3 is 2.65 bits per heavy atom. The number of rotatable bonds is 3. The Balaban J connectivity index is 2.40. The Morgan fingerprint density at radius 1 is 1.27 bits per heavy atom. The van der Waals surface area contributed by atoms with E-state index < -0.39 is 10.6 Å². The Morgan fingerprint density at radius 2 is 2.00 bits per heavy atom. The molecule has 0 aliphatic carbocycles. The second-order valence-corrected chi connectivity index (χ2v) is 6.00. The summed E-state index contributed by atoms with van der Waals surface area (Å²) in [6, 6.07) is 13.6. The Bertz CT molecular complexity index is 968. The van der Waals surface area contributed by atoms with Gasteiger partial charge in [0.1, 0.15) is 6.20 Å². The number of carbonyl (C=O) groups excluding carboxylic acids is 2. The molecule has 2 aromatic carbocycles. The number of para-hydroxylation sites is 1. The molecule has 1 aliphatic rings. The topological polar surface area (TPSA) is 92.1 Å². The van der Waals surface area contributed by atoms with Crippen molar-refractivity contribution in [2.24, 2.45) is 5.11 Å². The molecule has 7 nitrogen and oxygen atoms in total. The highest BCUT2D eigenvalue weighted by Gasteiger charge is 2.48. The molecule has 0 spiro atoms. The van der Waals surface area contributed by atoms with Crippen molar-refractivity contribution in [2.45, 2.75) is 0 Å². The Labute approximate surface area is 154 Å². The molecule has 1 aliphatic heterocycles. The third-order valence-electron chi connectivity index (χ3n) is 4.16. The van der Waals surface area contributed by atoms with E-state index in [1.807, 2.05) is 6.07 Å². The monoisotopic (exact) mass is 369 g/mol. The first-order valence-corrected chi connectivity index (χ1v) is 8.02. The number of carbonyl (C=O) groups is 2. The van der Waals surface area contributed by atoms with E-state index in [0.29, 0.717) is 22.0 Å². The van der Waals surface area contributed by atoms with E-state index in [-0.39, 0.29) is 17.9 Å². The second kappa shape index (κ2) is 7.01. The summed E-state index contributed by atoms with van der Waals surface area (Å²) in [4.78, 5) is 28.5. The smallest absolute Gasteiger partial charge is 0.422 e. The van der Waals surface area contributed by atoms with Gasteiger partial charge >= 0.3 is 6.09 Å². The molecule has 1 atom stereocenters. The van der Waals surface area contributed by atoms with Gasteiger partial charge in [-0.1, -0.05) is 34.9 Å². The summed E-state index contributed by atoms with van der Waals surface area (Å²) in [5.41, 5.74) is 10.1. The first kappa shape index (κ1) is 17.7. The van der Waals surface area contributed by atoms with Crippen molar-refractivity contribution >= 4 is 34.9 Å². The number of Topliss-reactive ketones (excluding diaryl/α,β-unsaturated/α-hetero) is 1. The first-order chi connectivity index (χ1) is 12.5. The molecule has 8 heteroatoms. The van der Waals surface area contributed by atoms with Crippen molar-refractivity contribution in [1.29, 1.82) is 0 Å². The molecule has 0 aromatic heterocycles. The Hall–Kier alpha value is -3.12. The van der Waals surface area contributed by atoms with Gasteiger partial charge in [-0.05, 0) is 17.7 Å². The number of benzene rings is 2. The molecular formula is C18H14ClN4O3+. The van der Waals surface area contributed by atoms with Gasteiger partial charge in [-0.25, -0.2) is 0 Å². The fourth-order valence-corrected chi connectivity index (χ4v) is 3.19. The maximum absolute atomic E-state index is 12.9. The maximum Gasteiger partial charge on any atom is 0.531 e. The molecule has 130 valence electrons. The quantitative estimate of drug-likeness (QED) is 0.324. The fourth-order valence-electron chi connectivity index (χ4n) is 3.02. The number of azide groups is 1. The number of nitrogens with zero attached hydrogens (tertiary/aromatic N) is 4. The van der Waals surface area contributed by atoms with Gasteiger partial charge in [0.05, 0.1) is 24.8 Å². The molecule has 2 aromatic rings. The Kier molecular flexibility index (Phi) is 4.77. The highest BCUT2D eigenvalue weighted by atomic mass is 35.5. The van der Waals surface area contributed by atoms with Crippen LogP contribution in [0.1, 0.15) is 10.4 Å². The summed E-state index contributed by atoms with van der Waals surface area (Å²) in [6.45, 7) is -0.179. The van der Waals surface area contributed by atoms with E-state index in [0.717, 1.165) is 0 Å². The van der Waals surface area contributed by atoms with Gasteiger partial charge in [-0.3, -0.25) is 4.79 Å². The summed E-state index contributed by atoms with van der Waals surface area (Å²) >= 11 is 6.15. The highest BCUT2D eigenvalue weighted by molar-refractivity contribution is 6.31. The minimum absolute atomic E-state index is 0.179. The molecule has 26 heavy (non-hydrogen) atoms. The molecule has 0 saturated carbocycles. The van der Waals surface area contributed by atoms with Gasteiger partial charge in [0.25, 0.3) is 0 Å². The number of hydrogen-bond acceptors (Lipinski definition) is 4. The van der Waals surface area contributed by atoms with Gasteiger partial charge in [-0.2, -0.15) is 4.79 Å². The lowest BCUT2D eigenvalue weighted by molar-refractivity contribution is 0.102. The van der Waals surface area contributed by atoms with Gasteiger partial charge in [0, 0.05) is 28.1 Å². The number of hydrogen-bond donors (Lipinski definition) is 0. The van der Waals surface area contributed by atoms with Crippen molar-refractivity contribution in [1.82, 2.24) is 4.48 Å². The van der Waals surface area contributed by atoms with Gasteiger partial charge in [-0.15, -0.1) is 4.48 Å². The second-order valence-electron chi connectivity index (χ2n) is 5.56. The molecular weight excluding hydrogens is 356 g/mol. The average Bonchev–Trinajstić information content (AvgIpc) is 2.67. The number of ketones is 1. The van der Waals surface area contributed by atoms with Crippen LogP contribution in [0.5, 0.6) is 0 Å². The third-order valence-corrected chi connectivity index (χ3v) is 4.39. The highest BCUT2D eigenvalue weighted by Crippen LogP contribution is 2.44. The first-order valence-electron chi connectivity index (χ1n) is 7.65. The van der Waals surface area contributed by atoms with Crippen LogP contribution < -0.4 is 4.48 Å². The van der Waals surface area contributed by atoms with E-state index in [1.165, 1.54) is 13.3 Å². The summed E-state index contributed by atoms with van der Waals surface area (Å²) in [5, 5.41) is 3.86. The van der Waals surface area contributed by atoms with Crippen LogP contribution in [0.4, 0.5) is 16.2 Å². The van der Waals surface area contributed by atoms with Crippen LogP contribution >= 0.6 is 11.6 Å². The van der Waals surface area contributed by atoms with Crippen molar-refractivity contribution in [2.75, 3.05) is 13.7 Å². The lowest BCUT2D eigenvalue weighted by atomic mass is 9.95. The summed E-state index contributed by atoms with van der Waals surface area (Å²) in [6.07, 6.45) is 0.835. The van der Waals surface area contributed by atoms with Crippen LogP contribution in [0.2, 0.25) is 5.02 Å². The number of quaternary nitrogens is 1. The van der Waals surface area contributed by atoms with Crippen LogP contribution in [0.15, 0.2) is 65.4 Å². The zero-order valence-corrected chi connectivity index (χ0v) is 14.6. The predicted molar refractivity (Wildman–Crippen MR) is 98.2 cm³/mol. The molecule has 3 rings (SSSR count). The predicted octanol–water partition coefficient (Wildman–Crippen LogP) is 5.14. The van der Waals surface area contributed by atoms with Crippen LogP contribution in [0, 0.1) is 0 Å².